The second-order valence-electron chi connectivity index (χ2n) is 5.99. The Hall–Kier alpha value is -2.08. The molecule has 0 spiro atoms. The van der Waals surface area contributed by atoms with Gasteiger partial charge in [-0.05, 0) is 44.7 Å². The lowest BCUT2D eigenvalue weighted by atomic mass is 9.83. The van der Waals surface area contributed by atoms with E-state index >= 15 is 0 Å². The third-order valence-corrected chi connectivity index (χ3v) is 5.02. The van der Waals surface area contributed by atoms with Crippen molar-refractivity contribution in [2.75, 3.05) is 6.61 Å². The number of aryl methyl sites for hydroxylation is 1. The molecule has 3 heterocycles. The Morgan fingerprint density at radius 1 is 1.43 bits per heavy atom. The second kappa shape index (κ2) is 5.85. The molecule has 0 aromatic carbocycles. The number of dihydropyridines is 1. The van der Waals surface area contributed by atoms with Crippen LogP contribution in [0.1, 0.15) is 37.1 Å². The summed E-state index contributed by atoms with van der Waals surface area (Å²) >= 11 is 1.54. The van der Waals surface area contributed by atoms with Gasteiger partial charge in [0.05, 0.1) is 28.9 Å². The minimum Gasteiger partial charge on any atom is -0.460 e. The number of ether oxygens (including phenoxy) is 2. The molecule has 0 saturated carbocycles. The fourth-order valence-corrected chi connectivity index (χ4v) is 4.00. The van der Waals surface area contributed by atoms with Crippen LogP contribution in [0.2, 0.25) is 0 Å². The smallest absolute Gasteiger partial charge is 0.337 e. The number of esters is 2. The molecule has 0 radical (unpaired) electrons. The van der Waals surface area contributed by atoms with Crippen molar-refractivity contribution >= 4 is 23.3 Å². The Morgan fingerprint density at radius 2 is 2.17 bits per heavy atom. The van der Waals surface area contributed by atoms with Crippen LogP contribution in [-0.4, -0.2) is 24.6 Å². The molecule has 5 nitrogen and oxygen atoms in total. The van der Waals surface area contributed by atoms with Gasteiger partial charge in [-0.25, -0.2) is 9.59 Å². The first-order chi connectivity index (χ1) is 10.9. The summed E-state index contributed by atoms with van der Waals surface area (Å²) in [6.07, 6.45) is -0.223. The minimum atomic E-state index is -0.424. The van der Waals surface area contributed by atoms with Crippen molar-refractivity contribution in [3.63, 3.8) is 0 Å². The largest absolute Gasteiger partial charge is 0.460 e. The zero-order chi connectivity index (χ0) is 16.7. The molecular weight excluding hydrogens is 314 g/mol. The molecule has 1 aromatic rings. The maximum absolute atomic E-state index is 12.6. The molecule has 0 saturated heterocycles. The van der Waals surface area contributed by atoms with Crippen molar-refractivity contribution in [3.8, 4) is 0 Å². The van der Waals surface area contributed by atoms with Crippen LogP contribution >= 0.6 is 11.3 Å². The van der Waals surface area contributed by atoms with Crippen molar-refractivity contribution in [1.82, 2.24) is 5.32 Å². The van der Waals surface area contributed by atoms with E-state index in [0.29, 0.717) is 16.8 Å². The Morgan fingerprint density at radius 3 is 2.78 bits per heavy atom. The zero-order valence-corrected chi connectivity index (χ0v) is 14.4. The summed E-state index contributed by atoms with van der Waals surface area (Å²) in [6.45, 7) is 7.65. The van der Waals surface area contributed by atoms with Crippen LogP contribution in [-0.2, 0) is 19.1 Å². The monoisotopic (exact) mass is 333 g/mol. The molecule has 2 aliphatic rings. The van der Waals surface area contributed by atoms with Crippen LogP contribution in [0.5, 0.6) is 0 Å². The van der Waals surface area contributed by atoms with E-state index < -0.39 is 11.9 Å². The molecule has 23 heavy (non-hydrogen) atoms. The van der Waals surface area contributed by atoms with Gasteiger partial charge in [0.15, 0.2) is 0 Å². The third-order valence-electron chi connectivity index (χ3n) is 3.94. The lowest BCUT2D eigenvalue weighted by Crippen LogP contribution is -2.31. The van der Waals surface area contributed by atoms with Crippen LogP contribution in [0.25, 0.3) is 0 Å². The van der Waals surface area contributed by atoms with E-state index in [-0.39, 0.29) is 18.7 Å². The summed E-state index contributed by atoms with van der Waals surface area (Å²) in [5.41, 5.74) is 3.52. The summed E-state index contributed by atoms with van der Waals surface area (Å²) in [6, 6.07) is 1.99. The summed E-state index contributed by atoms with van der Waals surface area (Å²) in [5, 5.41) is 5.11. The first kappa shape index (κ1) is 15.8. The fourth-order valence-electron chi connectivity index (χ4n) is 2.96. The van der Waals surface area contributed by atoms with Gasteiger partial charge < -0.3 is 14.8 Å². The van der Waals surface area contributed by atoms with Gasteiger partial charge in [0, 0.05) is 10.6 Å². The Kier molecular flexibility index (Phi) is 4.02. The van der Waals surface area contributed by atoms with Gasteiger partial charge in [-0.1, -0.05) is 0 Å². The number of rotatable bonds is 3. The molecule has 122 valence electrons. The molecule has 0 amide bonds. The summed E-state index contributed by atoms with van der Waals surface area (Å²) in [7, 11) is 0. The lowest BCUT2D eigenvalue weighted by Gasteiger charge is -2.27. The Balaban J connectivity index is 2.12. The van der Waals surface area contributed by atoms with Gasteiger partial charge in [-0.2, -0.15) is 0 Å². The number of allylic oxidation sites excluding steroid dienone is 1. The van der Waals surface area contributed by atoms with E-state index in [1.807, 2.05) is 39.1 Å². The highest BCUT2D eigenvalue weighted by molar-refractivity contribution is 7.10. The maximum atomic E-state index is 12.6. The SMILES string of the molecule is CC1=C(C(=O)OC(C)C)C(c2sccc2C)C2=C(COC2=O)N1. The molecule has 1 unspecified atom stereocenters. The Labute approximate surface area is 139 Å². The normalized spacial score (nSPS) is 20.6. The predicted octanol–water partition coefficient (Wildman–Crippen LogP) is 2.78. The third kappa shape index (κ3) is 2.67. The zero-order valence-electron chi connectivity index (χ0n) is 13.6. The predicted molar refractivity (Wildman–Crippen MR) is 86.8 cm³/mol. The highest BCUT2D eigenvalue weighted by Gasteiger charge is 2.43. The molecule has 1 N–H and O–H groups in total. The van der Waals surface area contributed by atoms with Crippen molar-refractivity contribution in [2.45, 2.75) is 39.7 Å². The van der Waals surface area contributed by atoms with Crippen molar-refractivity contribution in [1.29, 1.82) is 0 Å². The van der Waals surface area contributed by atoms with Gasteiger partial charge >= 0.3 is 11.9 Å². The highest BCUT2D eigenvalue weighted by atomic mass is 32.1. The van der Waals surface area contributed by atoms with Crippen LogP contribution in [0, 0.1) is 6.92 Å². The van der Waals surface area contributed by atoms with E-state index in [2.05, 4.69) is 5.32 Å². The van der Waals surface area contributed by atoms with Crippen LogP contribution in [0.15, 0.2) is 34.0 Å². The molecule has 0 bridgehead atoms. The second-order valence-corrected chi connectivity index (χ2v) is 6.93. The molecule has 6 heteroatoms. The quantitative estimate of drug-likeness (QED) is 0.862. The first-order valence-corrected chi connectivity index (χ1v) is 8.41. The number of thiophene rings is 1. The number of nitrogens with one attached hydrogen (secondary N) is 1. The fraction of sp³-hybridized carbons (Fsp3) is 0.412. The molecular formula is C17H19NO4S. The minimum absolute atomic E-state index is 0.221. The summed E-state index contributed by atoms with van der Waals surface area (Å²) in [4.78, 5) is 25.9. The molecule has 0 fully saturated rings. The molecule has 0 aliphatic carbocycles. The number of hydrogen-bond acceptors (Lipinski definition) is 6. The number of carbonyl (C=O) groups is 2. The topological polar surface area (TPSA) is 64.6 Å². The average Bonchev–Trinajstić information content (AvgIpc) is 3.03. The van der Waals surface area contributed by atoms with Crippen molar-refractivity contribution < 1.29 is 19.1 Å². The Bertz CT molecular complexity index is 742. The number of cyclic esters (lactones) is 1. The van der Waals surface area contributed by atoms with Crippen LogP contribution in [0.3, 0.4) is 0 Å². The van der Waals surface area contributed by atoms with E-state index in [1.54, 1.807) is 0 Å². The molecule has 3 rings (SSSR count). The maximum Gasteiger partial charge on any atom is 0.337 e. The van der Waals surface area contributed by atoms with Gasteiger partial charge in [-0.3, -0.25) is 0 Å². The van der Waals surface area contributed by atoms with Gasteiger partial charge in [-0.15, -0.1) is 11.3 Å². The van der Waals surface area contributed by atoms with Gasteiger partial charge in [0.25, 0.3) is 0 Å². The van der Waals surface area contributed by atoms with E-state index in [4.69, 9.17) is 9.47 Å². The average molecular weight is 333 g/mol. The summed E-state index contributed by atoms with van der Waals surface area (Å²) in [5.74, 6) is -1.19. The van der Waals surface area contributed by atoms with Crippen molar-refractivity contribution in [2.24, 2.45) is 0 Å². The van der Waals surface area contributed by atoms with Crippen LogP contribution in [0.4, 0.5) is 0 Å². The van der Waals surface area contributed by atoms with E-state index in [1.165, 1.54) is 11.3 Å². The van der Waals surface area contributed by atoms with E-state index in [9.17, 15) is 9.59 Å². The molecule has 1 aromatic heterocycles. The number of hydrogen-bond donors (Lipinski definition) is 1. The highest BCUT2D eigenvalue weighted by Crippen LogP contribution is 2.44. The first-order valence-electron chi connectivity index (χ1n) is 7.53. The lowest BCUT2D eigenvalue weighted by molar-refractivity contribution is -0.143. The molecule has 1 atom stereocenters. The number of carbonyl (C=O) groups excluding carboxylic acids is 2. The molecule has 2 aliphatic heterocycles. The van der Waals surface area contributed by atoms with Crippen molar-refractivity contribution in [3.05, 3.63) is 44.4 Å². The van der Waals surface area contributed by atoms with Gasteiger partial charge in [0.2, 0.25) is 0 Å². The van der Waals surface area contributed by atoms with E-state index in [0.717, 1.165) is 16.1 Å². The standard InChI is InChI=1S/C17H19NO4S/c1-8(2)22-17(20)12-10(4)18-11-7-21-16(19)13(11)14(12)15-9(3)5-6-23-15/h5-6,8,14,18H,7H2,1-4H3. The summed E-state index contributed by atoms with van der Waals surface area (Å²) < 4.78 is 10.6. The van der Waals surface area contributed by atoms with Crippen LogP contribution < -0.4 is 5.32 Å². The van der Waals surface area contributed by atoms with Gasteiger partial charge in [0.1, 0.15) is 6.61 Å².